The topological polar surface area (TPSA) is 71.5 Å². The van der Waals surface area contributed by atoms with Gasteiger partial charge in [0.1, 0.15) is 0 Å². The van der Waals surface area contributed by atoms with Gasteiger partial charge in [-0.1, -0.05) is 36.8 Å². The number of nitrogens with zero attached hydrogens (tertiary/aromatic N) is 1. The van der Waals surface area contributed by atoms with E-state index in [0.29, 0.717) is 24.5 Å². The Balaban J connectivity index is 2.72. The van der Waals surface area contributed by atoms with Crippen LogP contribution >= 0.6 is 22.9 Å². The van der Waals surface area contributed by atoms with Crippen molar-refractivity contribution in [1.29, 1.82) is 0 Å². The minimum Gasteiger partial charge on any atom is -0.465 e. The first-order valence-corrected chi connectivity index (χ1v) is 6.86. The predicted octanol–water partition coefficient (Wildman–Crippen LogP) is 2.55. The second-order valence-corrected chi connectivity index (χ2v) is 5.27. The molecule has 0 fully saturated rings. The van der Waals surface area contributed by atoms with Gasteiger partial charge in [0.05, 0.1) is 12.7 Å². The molecular weight excluding hydrogens is 276 g/mol. The Morgan fingerprint density at radius 3 is 2.67 bits per heavy atom. The number of carbonyl (C=O) groups excluding carboxylic acids is 1. The van der Waals surface area contributed by atoms with E-state index >= 15 is 0 Å². The van der Waals surface area contributed by atoms with Crippen LogP contribution < -0.4 is 5.32 Å². The zero-order valence-corrected chi connectivity index (χ0v) is 12.2. The molecule has 0 amide bonds. The zero-order valence-electron chi connectivity index (χ0n) is 10.6. The van der Waals surface area contributed by atoms with Gasteiger partial charge in [-0.3, -0.25) is 0 Å². The lowest BCUT2D eigenvalue weighted by Gasteiger charge is -2.25. The number of anilines is 1. The van der Waals surface area contributed by atoms with E-state index in [4.69, 9.17) is 11.6 Å². The molecule has 1 aromatic heterocycles. The fraction of sp³-hybridized carbons (Fsp3) is 0.636. The summed E-state index contributed by atoms with van der Waals surface area (Å²) < 4.78 is 4.59. The van der Waals surface area contributed by atoms with E-state index in [0.717, 1.165) is 11.3 Å². The standard InChI is InChI=1S/C11H17ClN2O3S/c1-4-11(16,5-2)6-13-10-14-8(12)7(18-10)9(15)17-3/h16H,4-6H2,1-3H3,(H,13,14). The number of halogens is 1. The van der Waals surface area contributed by atoms with Gasteiger partial charge in [-0.2, -0.15) is 0 Å². The molecule has 0 aromatic carbocycles. The summed E-state index contributed by atoms with van der Waals surface area (Å²) in [4.78, 5) is 15.6. The van der Waals surface area contributed by atoms with Crippen molar-refractivity contribution in [2.24, 2.45) is 0 Å². The molecule has 0 aliphatic rings. The molecule has 5 nitrogen and oxygen atoms in total. The molecule has 0 unspecified atom stereocenters. The van der Waals surface area contributed by atoms with Crippen LogP contribution in [0, 0.1) is 0 Å². The van der Waals surface area contributed by atoms with Crippen molar-refractivity contribution >= 4 is 34.0 Å². The molecule has 0 aliphatic carbocycles. The lowest BCUT2D eigenvalue weighted by molar-refractivity contribution is 0.0457. The number of hydrogen-bond acceptors (Lipinski definition) is 6. The molecule has 1 rings (SSSR count). The Bertz CT molecular complexity index is 418. The molecular formula is C11H17ClN2O3S. The van der Waals surface area contributed by atoms with Crippen molar-refractivity contribution in [3.63, 3.8) is 0 Å². The number of thiazole rings is 1. The lowest BCUT2D eigenvalue weighted by atomic mass is 9.98. The van der Waals surface area contributed by atoms with Crippen molar-refractivity contribution < 1.29 is 14.6 Å². The van der Waals surface area contributed by atoms with E-state index in [1.54, 1.807) is 0 Å². The van der Waals surface area contributed by atoms with Crippen molar-refractivity contribution in [3.05, 3.63) is 10.0 Å². The van der Waals surface area contributed by atoms with Crippen molar-refractivity contribution in [2.45, 2.75) is 32.3 Å². The Morgan fingerprint density at radius 1 is 1.56 bits per heavy atom. The number of carbonyl (C=O) groups is 1. The van der Waals surface area contributed by atoms with Crippen molar-refractivity contribution in [2.75, 3.05) is 19.0 Å². The third-order valence-corrected chi connectivity index (χ3v) is 4.22. The summed E-state index contributed by atoms with van der Waals surface area (Å²) in [6.07, 6.45) is 1.28. The Kier molecular flexibility index (Phi) is 5.37. The summed E-state index contributed by atoms with van der Waals surface area (Å²) in [5, 5.41) is 13.7. The van der Waals surface area contributed by atoms with Gasteiger partial charge in [0, 0.05) is 6.54 Å². The van der Waals surface area contributed by atoms with E-state index in [2.05, 4.69) is 15.0 Å². The molecule has 0 radical (unpaired) electrons. The quantitative estimate of drug-likeness (QED) is 0.789. The number of ether oxygens (including phenoxy) is 1. The zero-order chi connectivity index (χ0) is 13.8. The van der Waals surface area contributed by atoms with E-state index in [1.165, 1.54) is 7.11 Å². The average Bonchev–Trinajstić information content (AvgIpc) is 2.76. The second-order valence-electron chi connectivity index (χ2n) is 3.92. The summed E-state index contributed by atoms with van der Waals surface area (Å²) in [5.74, 6) is -0.508. The molecule has 7 heteroatoms. The maximum atomic E-state index is 11.3. The molecule has 0 aliphatic heterocycles. The minimum absolute atomic E-state index is 0.117. The van der Waals surface area contributed by atoms with Gasteiger partial charge in [0.15, 0.2) is 15.2 Å². The number of rotatable bonds is 6. The smallest absolute Gasteiger partial charge is 0.351 e. The highest BCUT2D eigenvalue weighted by molar-refractivity contribution is 7.18. The van der Waals surface area contributed by atoms with E-state index in [1.807, 2.05) is 13.8 Å². The summed E-state index contributed by atoms with van der Waals surface area (Å²) in [6, 6.07) is 0. The molecule has 18 heavy (non-hydrogen) atoms. The normalized spacial score (nSPS) is 11.4. The van der Waals surface area contributed by atoms with Crippen LogP contribution in [-0.4, -0.2) is 35.3 Å². The van der Waals surface area contributed by atoms with Gasteiger partial charge in [0.25, 0.3) is 0 Å². The minimum atomic E-state index is -0.774. The molecule has 102 valence electrons. The first kappa shape index (κ1) is 15.2. The maximum Gasteiger partial charge on any atom is 0.351 e. The maximum absolute atomic E-state index is 11.3. The van der Waals surface area contributed by atoms with E-state index < -0.39 is 11.6 Å². The first-order valence-electron chi connectivity index (χ1n) is 5.66. The highest BCUT2D eigenvalue weighted by atomic mass is 35.5. The summed E-state index contributed by atoms with van der Waals surface area (Å²) in [6.45, 7) is 4.20. The molecule has 1 heterocycles. The fourth-order valence-corrected chi connectivity index (χ4v) is 2.43. The second kappa shape index (κ2) is 6.36. The van der Waals surface area contributed by atoms with Crippen LogP contribution in [0.5, 0.6) is 0 Å². The van der Waals surface area contributed by atoms with Crippen LogP contribution in [0.2, 0.25) is 5.15 Å². The van der Waals surface area contributed by atoms with E-state index in [9.17, 15) is 9.90 Å². The van der Waals surface area contributed by atoms with E-state index in [-0.39, 0.29) is 10.0 Å². The molecule has 0 atom stereocenters. The van der Waals surface area contributed by atoms with Crippen molar-refractivity contribution in [3.8, 4) is 0 Å². The van der Waals surface area contributed by atoms with Gasteiger partial charge in [-0.05, 0) is 12.8 Å². The van der Waals surface area contributed by atoms with Crippen LogP contribution in [0.15, 0.2) is 0 Å². The van der Waals surface area contributed by atoms with Crippen LogP contribution in [0.1, 0.15) is 36.4 Å². The molecule has 0 bridgehead atoms. The third kappa shape index (κ3) is 3.57. The number of esters is 1. The summed E-state index contributed by atoms with van der Waals surface area (Å²) >= 11 is 6.95. The SMILES string of the molecule is CCC(O)(CC)CNc1nc(Cl)c(C(=O)OC)s1. The van der Waals surface area contributed by atoms with Crippen LogP contribution in [0.4, 0.5) is 5.13 Å². The number of methoxy groups -OCH3 is 1. The first-order chi connectivity index (χ1) is 8.45. The van der Waals surface area contributed by atoms with Gasteiger partial charge in [-0.15, -0.1) is 0 Å². The van der Waals surface area contributed by atoms with Crippen molar-refractivity contribution in [1.82, 2.24) is 4.98 Å². The van der Waals surface area contributed by atoms with Gasteiger partial charge < -0.3 is 15.2 Å². The molecule has 2 N–H and O–H groups in total. The molecule has 0 spiro atoms. The van der Waals surface area contributed by atoms with Crippen LogP contribution in [0.25, 0.3) is 0 Å². The Hall–Kier alpha value is -0.850. The lowest BCUT2D eigenvalue weighted by Crippen LogP contribution is -2.35. The predicted molar refractivity (Wildman–Crippen MR) is 72.5 cm³/mol. The average molecular weight is 293 g/mol. The Labute approximate surface area is 115 Å². The monoisotopic (exact) mass is 292 g/mol. The third-order valence-electron chi connectivity index (χ3n) is 2.84. The van der Waals surface area contributed by atoms with Crippen LogP contribution in [-0.2, 0) is 4.74 Å². The van der Waals surface area contributed by atoms with Gasteiger partial charge in [-0.25, -0.2) is 9.78 Å². The number of aromatic nitrogens is 1. The molecule has 0 saturated carbocycles. The Morgan fingerprint density at radius 2 is 2.17 bits per heavy atom. The number of hydrogen-bond donors (Lipinski definition) is 2. The molecule has 0 saturated heterocycles. The summed E-state index contributed by atoms with van der Waals surface area (Å²) in [7, 11) is 1.29. The highest BCUT2D eigenvalue weighted by Gasteiger charge is 2.23. The largest absolute Gasteiger partial charge is 0.465 e. The fourth-order valence-electron chi connectivity index (χ4n) is 1.34. The summed E-state index contributed by atoms with van der Waals surface area (Å²) in [5.41, 5.74) is -0.774. The highest BCUT2D eigenvalue weighted by Crippen LogP contribution is 2.28. The number of nitrogens with one attached hydrogen (secondary N) is 1. The van der Waals surface area contributed by atoms with Gasteiger partial charge in [0.2, 0.25) is 0 Å². The number of aliphatic hydroxyl groups is 1. The molecule has 1 aromatic rings. The van der Waals surface area contributed by atoms with Crippen LogP contribution in [0.3, 0.4) is 0 Å². The van der Waals surface area contributed by atoms with Gasteiger partial charge >= 0.3 is 5.97 Å².